The molecule has 1 unspecified atom stereocenters. The van der Waals surface area contributed by atoms with E-state index in [1.165, 1.54) is 4.31 Å². The van der Waals surface area contributed by atoms with E-state index in [9.17, 15) is 13.2 Å². The molecule has 1 atom stereocenters. The highest BCUT2D eigenvalue weighted by Gasteiger charge is 2.37. The third kappa shape index (κ3) is 5.34. The minimum Gasteiger partial charge on any atom is -0.383 e. The Morgan fingerprint density at radius 1 is 1.39 bits per heavy atom. The molecule has 8 nitrogen and oxygen atoms in total. The van der Waals surface area contributed by atoms with Gasteiger partial charge in [0, 0.05) is 45.1 Å². The first-order valence-corrected chi connectivity index (χ1v) is 11.9. The Morgan fingerprint density at radius 2 is 2.16 bits per heavy atom. The number of aryl methyl sites for hydroxylation is 2. The Kier molecular flexibility index (Phi) is 7.17. The molecular weight excluding hydrogens is 416 g/mol. The summed E-state index contributed by atoms with van der Waals surface area (Å²) in [5.74, 6) is -0.396. The van der Waals surface area contributed by atoms with Gasteiger partial charge in [-0.25, -0.2) is 8.42 Å². The highest BCUT2D eigenvalue weighted by atomic mass is 32.2. The van der Waals surface area contributed by atoms with Crippen LogP contribution >= 0.6 is 0 Å². The molecule has 0 saturated carbocycles. The van der Waals surface area contributed by atoms with Gasteiger partial charge in [0.2, 0.25) is 15.9 Å². The van der Waals surface area contributed by atoms with Crippen molar-refractivity contribution in [3.63, 3.8) is 0 Å². The van der Waals surface area contributed by atoms with Crippen LogP contribution in [0.4, 0.5) is 5.69 Å². The third-order valence-electron chi connectivity index (χ3n) is 5.31. The summed E-state index contributed by atoms with van der Waals surface area (Å²) in [5, 5.41) is 6.79. The van der Waals surface area contributed by atoms with Crippen molar-refractivity contribution in [2.75, 3.05) is 32.5 Å². The molecule has 1 fully saturated rings. The van der Waals surface area contributed by atoms with Crippen LogP contribution in [-0.4, -0.2) is 55.9 Å². The van der Waals surface area contributed by atoms with E-state index in [0.29, 0.717) is 25.1 Å². The summed E-state index contributed by atoms with van der Waals surface area (Å²) in [6, 6.07) is 7.70. The summed E-state index contributed by atoms with van der Waals surface area (Å²) in [6.45, 7) is 4.15. The molecular formula is C22H30N4O4S. The number of nitrogens with zero attached hydrogens (tertiary/aromatic N) is 3. The Morgan fingerprint density at radius 3 is 2.87 bits per heavy atom. The topological polar surface area (TPSA) is 95.8 Å². The fourth-order valence-electron chi connectivity index (χ4n) is 3.63. The first-order valence-electron chi connectivity index (χ1n) is 10.4. The summed E-state index contributed by atoms with van der Waals surface area (Å²) in [4.78, 5) is 14.7. The van der Waals surface area contributed by atoms with Crippen molar-refractivity contribution < 1.29 is 17.7 Å². The molecule has 1 N–H and O–H groups in total. The number of anilines is 1. The number of amides is 1. The summed E-state index contributed by atoms with van der Waals surface area (Å²) in [7, 11) is -0.188. The van der Waals surface area contributed by atoms with Gasteiger partial charge < -0.3 is 14.7 Å². The van der Waals surface area contributed by atoms with E-state index in [2.05, 4.69) is 17.4 Å². The van der Waals surface area contributed by atoms with E-state index in [4.69, 9.17) is 4.52 Å². The van der Waals surface area contributed by atoms with Crippen molar-refractivity contribution in [2.24, 2.45) is 5.92 Å². The lowest BCUT2D eigenvalue weighted by atomic mass is 9.98. The molecule has 1 aliphatic heterocycles. The highest BCUT2D eigenvalue weighted by Crippen LogP contribution is 2.29. The van der Waals surface area contributed by atoms with Crippen LogP contribution in [0.1, 0.15) is 36.8 Å². The van der Waals surface area contributed by atoms with Crippen molar-refractivity contribution in [2.45, 2.75) is 38.0 Å². The molecule has 1 aliphatic rings. The van der Waals surface area contributed by atoms with Crippen LogP contribution in [-0.2, 0) is 21.2 Å². The quantitative estimate of drug-likeness (QED) is 0.702. The van der Waals surface area contributed by atoms with E-state index in [0.717, 1.165) is 17.7 Å². The Labute approximate surface area is 183 Å². The van der Waals surface area contributed by atoms with Gasteiger partial charge in [-0.3, -0.25) is 4.79 Å². The fourth-order valence-corrected chi connectivity index (χ4v) is 5.41. The predicted molar refractivity (Wildman–Crippen MR) is 120 cm³/mol. The van der Waals surface area contributed by atoms with Gasteiger partial charge in [-0.1, -0.05) is 24.2 Å². The van der Waals surface area contributed by atoms with Crippen LogP contribution in [0.5, 0.6) is 0 Å². The molecule has 0 bridgehead atoms. The first kappa shape index (κ1) is 23.0. The van der Waals surface area contributed by atoms with Gasteiger partial charge >= 0.3 is 0 Å². The molecule has 31 heavy (non-hydrogen) atoms. The van der Waals surface area contributed by atoms with E-state index >= 15 is 0 Å². The number of piperidine rings is 1. The van der Waals surface area contributed by atoms with Gasteiger partial charge in [-0.15, -0.1) is 0 Å². The minimum atomic E-state index is -3.85. The van der Waals surface area contributed by atoms with Gasteiger partial charge in [-0.05, 0) is 43.9 Å². The maximum Gasteiger partial charge on any atom is 0.248 e. The standard InChI is InChI=1S/C22H30N4O4S/c1-5-17-8-6-10-19(14-17)23-22(27)18-9-7-12-26(15-18)31(28,29)21-16(2)24-30-20(21)11-13-25(3)4/h6,8,10-11,13-14,18H,5,7,9,12,15H2,1-4H3,(H,23,27)/b13-11+. The summed E-state index contributed by atoms with van der Waals surface area (Å²) >= 11 is 0. The number of nitrogens with one attached hydrogen (secondary N) is 1. The molecule has 168 valence electrons. The zero-order valence-corrected chi connectivity index (χ0v) is 19.3. The van der Waals surface area contributed by atoms with Crippen LogP contribution in [0.25, 0.3) is 6.08 Å². The maximum atomic E-state index is 13.4. The molecule has 1 aromatic carbocycles. The molecule has 9 heteroatoms. The SMILES string of the molecule is CCc1cccc(NC(=O)C2CCCN(S(=O)(=O)c3c(C)noc3/C=C/N(C)C)C2)c1. The van der Waals surface area contributed by atoms with Crippen LogP contribution in [0.15, 0.2) is 39.9 Å². The number of carbonyl (C=O) groups excluding carboxylic acids is 1. The average molecular weight is 447 g/mol. The van der Waals surface area contributed by atoms with Crippen LogP contribution < -0.4 is 5.32 Å². The first-order chi connectivity index (χ1) is 14.7. The smallest absolute Gasteiger partial charge is 0.248 e. The van der Waals surface area contributed by atoms with Gasteiger partial charge in [0.05, 0.1) is 5.92 Å². The number of hydrogen-bond acceptors (Lipinski definition) is 6. The lowest BCUT2D eigenvalue weighted by Gasteiger charge is -2.31. The Balaban J connectivity index is 1.78. The van der Waals surface area contributed by atoms with E-state index < -0.39 is 15.9 Å². The summed E-state index contributed by atoms with van der Waals surface area (Å²) in [6.07, 6.45) is 5.42. The van der Waals surface area contributed by atoms with Gasteiger partial charge in [0.1, 0.15) is 5.69 Å². The van der Waals surface area contributed by atoms with E-state index in [1.54, 1.807) is 24.1 Å². The molecule has 2 heterocycles. The minimum absolute atomic E-state index is 0.0577. The fraction of sp³-hybridized carbons (Fsp3) is 0.455. The van der Waals surface area contributed by atoms with E-state index in [-0.39, 0.29) is 23.1 Å². The highest BCUT2D eigenvalue weighted by molar-refractivity contribution is 7.89. The van der Waals surface area contributed by atoms with Crippen LogP contribution in [0, 0.1) is 12.8 Å². The normalized spacial score (nSPS) is 17.7. The van der Waals surface area contributed by atoms with Crippen LogP contribution in [0.2, 0.25) is 0 Å². The van der Waals surface area contributed by atoms with Crippen molar-refractivity contribution >= 4 is 27.7 Å². The molecule has 0 aliphatic carbocycles. The van der Waals surface area contributed by atoms with Crippen molar-refractivity contribution in [1.29, 1.82) is 0 Å². The number of benzene rings is 1. The maximum absolute atomic E-state index is 13.4. The summed E-state index contributed by atoms with van der Waals surface area (Å²) in [5.41, 5.74) is 2.17. The molecule has 1 amide bonds. The molecule has 1 aromatic heterocycles. The van der Waals surface area contributed by atoms with E-state index in [1.807, 2.05) is 38.4 Å². The van der Waals surface area contributed by atoms with Gasteiger partial charge in [0.25, 0.3) is 0 Å². The monoisotopic (exact) mass is 446 g/mol. The average Bonchev–Trinajstić information content (AvgIpc) is 3.13. The number of hydrogen-bond donors (Lipinski definition) is 1. The molecule has 0 spiro atoms. The predicted octanol–water partition coefficient (Wildman–Crippen LogP) is 3.12. The van der Waals surface area contributed by atoms with Crippen LogP contribution in [0.3, 0.4) is 0 Å². The Bertz CT molecular complexity index is 1060. The molecule has 3 rings (SSSR count). The number of rotatable bonds is 7. The van der Waals surface area contributed by atoms with Gasteiger partial charge in [-0.2, -0.15) is 4.31 Å². The van der Waals surface area contributed by atoms with Gasteiger partial charge in [0.15, 0.2) is 10.7 Å². The van der Waals surface area contributed by atoms with Crippen molar-refractivity contribution in [3.05, 3.63) is 47.5 Å². The third-order valence-corrected chi connectivity index (χ3v) is 7.34. The molecule has 2 aromatic rings. The number of aromatic nitrogens is 1. The van der Waals surface area contributed by atoms with Crippen molar-refractivity contribution in [3.8, 4) is 0 Å². The lowest BCUT2D eigenvalue weighted by molar-refractivity contribution is -0.120. The largest absolute Gasteiger partial charge is 0.383 e. The number of sulfonamides is 1. The zero-order chi connectivity index (χ0) is 22.6. The second kappa shape index (κ2) is 9.65. The molecule has 1 saturated heterocycles. The second-order valence-electron chi connectivity index (χ2n) is 7.99. The van der Waals surface area contributed by atoms with Crippen molar-refractivity contribution in [1.82, 2.24) is 14.4 Å². The lowest BCUT2D eigenvalue weighted by Crippen LogP contribution is -2.43. The summed E-state index contributed by atoms with van der Waals surface area (Å²) < 4.78 is 33.4. The second-order valence-corrected chi connectivity index (χ2v) is 9.86. The molecule has 0 radical (unpaired) electrons. The zero-order valence-electron chi connectivity index (χ0n) is 18.5. The Hall–Kier alpha value is -2.65. The number of carbonyl (C=O) groups is 1.